The highest BCUT2D eigenvalue weighted by molar-refractivity contribution is 6.36. The molecule has 0 aliphatic carbocycles. The maximum Gasteiger partial charge on any atom is 0.227 e. The standard InChI is InChI=1S/C11H11Cl2N3O/c12-8-2-1-3-9(13)7(8)6-10-15-11(4-5-14)17-16-10/h1-3H,4-6,14H2. The minimum atomic E-state index is 0.451. The van der Waals surface area contributed by atoms with Gasteiger partial charge in [0, 0.05) is 29.4 Å². The van der Waals surface area contributed by atoms with Gasteiger partial charge in [0.2, 0.25) is 5.89 Å². The van der Waals surface area contributed by atoms with E-state index in [4.69, 9.17) is 33.5 Å². The van der Waals surface area contributed by atoms with Crippen molar-refractivity contribution in [1.29, 1.82) is 0 Å². The Hall–Kier alpha value is -1.10. The van der Waals surface area contributed by atoms with E-state index >= 15 is 0 Å². The molecule has 17 heavy (non-hydrogen) atoms. The first kappa shape index (κ1) is 12.4. The van der Waals surface area contributed by atoms with Gasteiger partial charge in [0.15, 0.2) is 5.82 Å². The molecule has 90 valence electrons. The van der Waals surface area contributed by atoms with Crippen LogP contribution >= 0.6 is 23.2 Å². The van der Waals surface area contributed by atoms with Gasteiger partial charge in [-0.15, -0.1) is 0 Å². The number of nitrogens with zero attached hydrogens (tertiary/aromatic N) is 2. The zero-order chi connectivity index (χ0) is 12.3. The van der Waals surface area contributed by atoms with Gasteiger partial charge in [-0.3, -0.25) is 0 Å². The largest absolute Gasteiger partial charge is 0.339 e. The van der Waals surface area contributed by atoms with Crippen LogP contribution in [0.4, 0.5) is 0 Å². The molecular formula is C11H11Cl2N3O. The van der Waals surface area contributed by atoms with Crippen LogP contribution in [0.25, 0.3) is 0 Å². The van der Waals surface area contributed by atoms with E-state index in [0.29, 0.717) is 41.1 Å². The molecule has 2 aromatic rings. The molecular weight excluding hydrogens is 261 g/mol. The molecule has 1 aromatic heterocycles. The maximum atomic E-state index is 6.06. The van der Waals surface area contributed by atoms with Gasteiger partial charge in [-0.1, -0.05) is 34.4 Å². The molecule has 0 radical (unpaired) electrons. The first-order valence-electron chi connectivity index (χ1n) is 5.15. The molecule has 0 saturated carbocycles. The van der Waals surface area contributed by atoms with Crippen LogP contribution in [0.3, 0.4) is 0 Å². The Morgan fingerprint density at radius 2 is 1.94 bits per heavy atom. The lowest BCUT2D eigenvalue weighted by Gasteiger charge is -2.02. The average Bonchev–Trinajstić information content (AvgIpc) is 2.72. The molecule has 0 unspecified atom stereocenters. The summed E-state index contributed by atoms with van der Waals surface area (Å²) < 4.78 is 5.03. The van der Waals surface area contributed by atoms with E-state index in [9.17, 15) is 0 Å². The first-order valence-corrected chi connectivity index (χ1v) is 5.90. The van der Waals surface area contributed by atoms with Crippen LogP contribution in [0.1, 0.15) is 17.3 Å². The Morgan fingerprint density at radius 1 is 1.24 bits per heavy atom. The third-order valence-electron chi connectivity index (χ3n) is 2.26. The van der Waals surface area contributed by atoms with E-state index in [-0.39, 0.29) is 0 Å². The molecule has 0 amide bonds. The van der Waals surface area contributed by atoms with Crippen LogP contribution in [0.2, 0.25) is 10.0 Å². The van der Waals surface area contributed by atoms with Gasteiger partial charge < -0.3 is 10.3 Å². The summed E-state index contributed by atoms with van der Waals surface area (Å²) in [4.78, 5) is 4.20. The van der Waals surface area contributed by atoms with Crippen LogP contribution < -0.4 is 5.73 Å². The molecule has 0 aliphatic heterocycles. The number of benzene rings is 1. The van der Waals surface area contributed by atoms with E-state index < -0.39 is 0 Å². The minimum absolute atomic E-state index is 0.451. The molecule has 4 nitrogen and oxygen atoms in total. The molecule has 2 N–H and O–H groups in total. The van der Waals surface area contributed by atoms with Crippen LogP contribution in [-0.4, -0.2) is 16.7 Å². The van der Waals surface area contributed by atoms with E-state index in [1.165, 1.54) is 0 Å². The van der Waals surface area contributed by atoms with E-state index in [1.54, 1.807) is 18.2 Å². The van der Waals surface area contributed by atoms with Crippen molar-refractivity contribution in [1.82, 2.24) is 10.1 Å². The highest BCUT2D eigenvalue weighted by Crippen LogP contribution is 2.26. The predicted molar refractivity (Wildman–Crippen MR) is 66.3 cm³/mol. The SMILES string of the molecule is NCCc1nc(Cc2c(Cl)cccc2Cl)no1. The van der Waals surface area contributed by atoms with Gasteiger partial charge in [-0.2, -0.15) is 4.98 Å². The second-order valence-corrected chi connectivity index (χ2v) is 4.33. The number of halogens is 2. The van der Waals surface area contributed by atoms with Crippen LogP contribution in [-0.2, 0) is 12.8 Å². The van der Waals surface area contributed by atoms with Crippen LogP contribution in [0, 0.1) is 0 Å². The molecule has 0 fully saturated rings. The molecule has 0 aliphatic rings. The fourth-order valence-electron chi connectivity index (χ4n) is 1.45. The van der Waals surface area contributed by atoms with Crippen molar-refractivity contribution in [2.75, 3.05) is 6.54 Å². The summed E-state index contributed by atoms with van der Waals surface area (Å²) in [5.74, 6) is 1.09. The molecule has 0 atom stereocenters. The number of rotatable bonds is 4. The van der Waals surface area contributed by atoms with Crippen molar-refractivity contribution >= 4 is 23.2 Å². The topological polar surface area (TPSA) is 64.9 Å². The number of hydrogen-bond donors (Lipinski definition) is 1. The van der Waals surface area contributed by atoms with Crippen LogP contribution in [0.5, 0.6) is 0 Å². The fraction of sp³-hybridized carbons (Fsp3) is 0.273. The maximum absolute atomic E-state index is 6.06. The summed E-state index contributed by atoms with van der Waals surface area (Å²) in [5.41, 5.74) is 6.20. The summed E-state index contributed by atoms with van der Waals surface area (Å²) in [7, 11) is 0. The molecule has 6 heteroatoms. The molecule has 1 heterocycles. The van der Waals surface area contributed by atoms with Gasteiger partial charge in [-0.05, 0) is 17.7 Å². The summed E-state index contributed by atoms with van der Waals surface area (Å²) in [6.45, 7) is 0.481. The molecule has 0 bridgehead atoms. The van der Waals surface area contributed by atoms with E-state index in [0.717, 1.165) is 5.56 Å². The van der Waals surface area contributed by atoms with Gasteiger partial charge in [0.25, 0.3) is 0 Å². The first-order chi connectivity index (χ1) is 8.20. The lowest BCUT2D eigenvalue weighted by molar-refractivity contribution is 0.375. The van der Waals surface area contributed by atoms with Crippen molar-refractivity contribution in [3.63, 3.8) is 0 Å². The minimum Gasteiger partial charge on any atom is -0.339 e. The zero-order valence-electron chi connectivity index (χ0n) is 8.99. The lowest BCUT2D eigenvalue weighted by atomic mass is 10.1. The van der Waals surface area contributed by atoms with Crippen LogP contribution in [0.15, 0.2) is 22.7 Å². The van der Waals surface area contributed by atoms with Crippen molar-refractivity contribution < 1.29 is 4.52 Å². The fourth-order valence-corrected chi connectivity index (χ4v) is 1.98. The Balaban J connectivity index is 2.19. The van der Waals surface area contributed by atoms with Gasteiger partial charge in [-0.25, -0.2) is 0 Å². The molecule has 0 spiro atoms. The second kappa shape index (κ2) is 5.49. The van der Waals surface area contributed by atoms with E-state index in [1.807, 2.05) is 0 Å². The van der Waals surface area contributed by atoms with E-state index in [2.05, 4.69) is 10.1 Å². The van der Waals surface area contributed by atoms with Gasteiger partial charge in [0.05, 0.1) is 0 Å². The summed E-state index contributed by atoms with van der Waals surface area (Å²) in [6, 6.07) is 5.36. The number of aromatic nitrogens is 2. The summed E-state index contributed by atoms with van der Waals surface area (Å²) >= 11 is 12.1. The Labute approximate surface area is 109 Å². The van der Waals surface area contributed by atoms with Crippen molar-refractivity contribution in [3.05, 3.63) is 45.5 Å². The Kier molecular flexibility index (Phi) is 3.99. The highest BCUT2D eigenvalue weighted by Gasteiger charge is 2.11. The monoisotopic (exact) mass is 271 g/mol. The highest BCUT2D eigenvalue weighted by atomic mass is 35.5. The predicted octanol–water partition coefficient (Wildman–Crippen LogP) is 2.47. The normalized spacial score (nSPS) is 10.8. The molecule has 2 rings (SSSR count). The Bertz CT molecular complexity index is 493. The summed E-state index contributed by atoms with van der Waals surface area (Å²) in [5, 5.41) is 5.05. The van der Waals surface area contributed by atoms with Gasteiger partial charge >= 0.3 is 0 Å². The smallest absolute Gasteiger partial charge is 0.227 e. The zero-order valence-corrected chi connectivity index (χ0v) is 10.5. The van der Waals surface area contributed by atoms with Gasteiger partial charge in [0.1, 0.15) is 0 Å². The third-order valence-corrected chi connectivity index (χ3v) is 2.97. The lowest BCUT2D eigenvalue weighted by Crippen LogP contribution is -2.03. The summed E-state index contributed by atoms with van der Waals surface area (Å²) in [6.07, 6.45) is 1.02. The average molecular weight is 272 g/mol. The van der Waals surface area contributed by atoms with Crippen molar-refractivity contribution in [2.45, 2.75) is 12.8 Å². The number of nitrogens with two attached hydrogens (primary N) is 1. The molecule has 1 aromatic carbocycles. The Morgan fingerprint density at radius 3 is 2.59 bits per heavy atom. The van der Waals surface area contributed by atoms with Crippen molar-refractivity contribution in [2.24, 2.45) is 5.73 Å². The number of hydrogen-bond acceptors (Lipinski definition) is 4. The van der Waals surface area contributed by atoms with Crippen molar-refractivity contribution in [3.8, 4) is 0 Å². The third kappa shape index (κ3) is 2.97. The molecule has 0 saturated heterocycles. The second-order valence-electron chi connectivity index (χ2n) is 3.52. The quantitative estimate of drug-likeness (QED) is 0.928.